The molecule has 0 unspecified atom stereocenters. The number of aryl methyl sites for hydroxylation is 2. The van der Waals surface area contributed by atoms with Crippen LogP contribution in [0.3, 0.4) is 0 Å². The lowest BCUT2D eigenvalue weighted by molar-refractivity contribution is -0.118. The van der Waals surface area contributed by atoms with Gasteiger partial charge in [-0.15, -0.1) is 0 Å². The van der Waals surface area contributed by atoms with Gasteiger partial charge in [-0.1, -0.05) is 31.5 Å². The van der Waals surface area contributed by atoms with Gasteiger partial charge in [-0.05, 0) is 68.0 Å². The Balaban J connectivity index is 1.76. The highest BCUT2D eigenvalue weighted by Gasteiger charge is 2.41. The van der Waals surface area contributed by atoms with Gasteiger partial charge in [0, 0.05) is 29.2 Å². The van der Waals surface area contributed by atoms with E-state index < -0.39 is 0 Å². The van der Waals surface area contributed by atoms with Crippen molar-refractivity contribution >= 4 is 46.2 Å². The Labute approximate surface area is 198 Å². The zero-order valence-corrected chi connectivity index (χ0v) is 20.0. The van der Waals surface area contributed by atoms with E-state index in [1.54, 1.807) is 6.20 Å². The Bertz CT molecular complexity index is 1160. The second kappa shape index (κ2) is 8.92. The van der Waals surface area contributed by atoms with E-state index in [1.807, 2.05) is 57.2 Å². The molecule has 8 heteroatoms. The van der Waals surface area contributed by atoms with Gasteiger partial charge in [0.25, 0.3) is 0 Å². The number of carbonyl (C=O) groups is 1. The van der Waals surface area contributed by atoms with Crippen LogP contribution in [0, 0.1) is 19.8 Å². The summed E-state index contributed by atoms with van der Waals surface area (Å²) in [6.45, 7) is 7.79. The van der Waals surface area contributed by atoms with E-state index in [1.165, 1.54) is 0 Å². The van der Waals surface area contributed by atoms with Crippen LogP contribution in [0.2, 0.25) is 5.02 Å². The minimum Gasteiger partial charge on any atom is -0.362 e. The third kappa shape index (κ3) is 4.23. The highest BCUT2D eigenvalue weighted by atomic mass is 35.5. The number of anilines is 2. The molecule has 166 valence electrons. The fourth-order valence-corrected chi connectivity index (χ4v) is 4.60. The van der Waals surface area contributed by atoms with Gasteiger partial charge >= 0.3 is 0 Å². The average Bonchev–Trinajstić information content (AvgIpc) is 3.27. The summed E-state index contributed by atoms with van der Waals surface area (Å²) in [5.41, 5.74) is 5.64. The number of aromatic nitrogens is 2. The lowest BCUT2D eigenvalue weighted by Crippen LogP contribution is -2.29. The first-order valence-electron chi connectivity index (χ1n) is 10.5. The van der Waals surface area contributed by atoms with E-state index in [2.05, 4.69) is 38.5 Å². The number of amides is 1. The summed E-state index contributed by atoms with van der Waals surface area (Å²) < 4.78 is 0. The van der Waals surface area contributed by atoms with Crippen LogP contribution in [0.5, 0.6) is 0 Å². The second-order valence-electron chi connectivity index (χ2n) is 8.34. The average molecular weight is 468 g/mol. The molecule has 3 heterocycles. The van der Waals surface area contributed by atoms with Crippen molar-refractivity contribution in [2.75, 3.05) is 10.2 Å². The van der Waals surface area contributed by atoms with Crippen molar-refractivity contribution in [3.63, 3.8) is 0 Å². The van der Waals surface area contributed by atoms with Crippen molar-refractivity contribution in [2.24, 2.45) is 5.92 Å². The maximum Gasteiger partial charge on any atom is 0.226 e. The number of hydrogen-bond acceptors (Lipinski definition) is 3. The molecule has 0 aliphatic carbocycles. The second-order valence-corrected chi connectivity index (χ2v) is 9.13. The number of carbonyl (C=O) groups excluding carboxylic acids is 1. The molecule has 0 spiro atoms. The van der Waals surface area contributed by atoms with E-state index in [0.29, 0.717) is 15.8 Å². The number of aromatic amines is 1. The van der Waals surface area contributed by atoms with E-state index in [0.717, 1.165) is 28.3 Å². The Hall–Kier alpha value is -2.90. The number of hydrogen-bond donors (Lipinski definition) is 3. The summed E-state index contributed by atoms with van der Waals surface area (Å²) in [5.74, 6) is -0.214. The first-order valence-corrected chi connectivity index (χ1v) is 11.3. The van der Waals surface area contributed by atoms with E-state index >= 15 is 0 Å². The molecular weight excluding hydrogens is 442 g/mol. The first-order chi connectivity index (χ1) is 15.3. The third-order valence-electron chi connectivity index (χ3n) is 5.62. The van der Waals surface area contributed by atoms with Crippen LogP contribution < -0.4 is 15.5 Å². The topological polar surface area (TPSA) is 73.1 Å². The fraction of sp³-hybridized carbons (Fsp3) is 0.292. The molecule has 1 aliphatic heterocycles. The normalized spacial score (nSPS) is 18.2. The number of nitrogens with zero attached hydrogens (tertiary/aromatic N) is 2. The van der Waals surface area contributed by atoms with Gasteiger partial charge < -0.3 is 20.5 Å². The number of thiocarbonyl (C=S) groups is 1. The Morgan fingerprint density at radius 3 is 2.59 bits per heavy atom. The van der Waals surface area contributed by atoms with Gasteiger partial charge in [0.15, 0.2) is 5.11 Å². The molecule has 0 bridgehead atoms. The van der Waals surface area contributed by atoms with Gasteiger partial charge in [0.1, 0.15) is 0 Å². The van der Waals surface area contributed by atoms with Crippen LogP contribution in [0.25, 0.3) is 0 Å². The number of rotatable bonds is 5. The van der Waals surface area contributed by atoms with Gasteiger partial charge in [-0.2, -0.15) is 0 Å². The Morgan fingerprint density at radius 2 is 2.00 bits per heavy atom. The zero-order valence-electron chi connectivity index (χ0n) is 18.4. The largest absolute Gasteiger partial charge is 0.362 e. The summed E-state index contributed by atoms with van der Waals surface area (Å²) in [4.78, 5) is 22.2. The van der Waals surface area contributed by atoms with E-state index in [9.17, 15) is 4.79 Å². The van der Waals surface area contributed by atoms with Crippen LogP contribution in [0.4, 0.5) is 11.4 Å². The number of H-pyrrole nitrogens is 1. The third-order valence-corrected chi connectivity index (χ3v) is 6.25. The van der Waals surface area contributed by atoms with Crippen molar-refractivity contribution in [1.82, 2.24) is 15.3 Å². The standard InChI is InChI=1S/C24H26ClN5OS/c1-13(2)23(31)28-19-9-8-16(12-18(19)25)30-22(17-11-14(3)27-15(17)4)21(29-24(30)32)20-7-5-6-10-26-20/h5-13,21-22,27H,1-4H3,(H,28,31)(H,29,32)/t21-,22-/m0/s1. The van der Waals surface area contributed by atoms with Crippen molar-refractivity contribution in [3.8, 4) is 0 Å². The molecule has 1 amide bonds. The lowest BCUT2D eigenvalue weighted by atomic mass is 9.96. The van der Waals surface area contributed by atoms with Crippen LogP contribution in [-0.4, -0.2) is 21.0 Å². The molecule has 1 aromatic carbocycles. The molecule has 4 rings (SSSR count). The number of pyridine rings is 1. The highest BCUT2D eigenvalue weighted by Crippen LogP contribution is 2.43. The molecule has 1 aliphatic rings. The van der Waals surface area contributed by atoms with Crippen LogP contribution in [0.15, 0.2) is 48.7 Å². The van der Waals surface area contributed by atoms with Crippen LogP contribution in [-0.2, 0) is 4.79 Å². The van der Waals surface area contributed by atoms with E-state index in [-0.39, 0.29) is 23.9 Å². The van der Waals surface area contributed by atoms with Crippen molar-refractivity contribution in [1.29, 1.82) is 0 Å². The number of benzene rings is 1. The highest BCUT2D eigenvalue weighted by molar-refractivity contribution is 7.80. The Kier molecular flexibility index (Phi) is 6.22. The monoisotopic (exact) mass is 467 g/mol. The molecule has 1 fully saturated rings. The Morgan fingerprint density at radius 1 is 1.22 bits per heavy atom. The zero-order chi connectivity index (χ0) is 23.0. The molecule has 3 N–H and O–H groups in total. The SMILES string of the molecule is Cc1cc([C@H]2[C@H](c3ccccn3)NC(=S)N2c2ccc(NC(=O)C(C)C)c(Cl)c2)c(C)[nH]1. The first kappa shape index (κ1) is 22.3. The molecule has 6 nitrogen and oxygen atoms in total. The summed E-state index contributed by atoms with van der Waals surface area (Å²) >= 11 is 12.3. The molecule has 0 saturated carbocycles. The molecule has 32 heavy (non-hydrogen) atoms. The maximum atomic E-state index is 12.1. The summed E-state index contributed by atoms with van der Waals surface area (Å²) in [7, 11) is 0. The minimum absolute atomic E-state index is 0.0791. The van der Waals surface area contributed by atoms with Gasteiger partial charge in [0.05, 0.1) is 28.5 Å². The van der Waals surface area contributed by atoms with Crippen molar-refractivity contribution in [3.05, 3.63) is 76.3 Å². The predicted octanol–water partition coefficient (Wildman–Crippen LogP) is 5.45. The van der Waals surface area contributed by atoms with Crippen molar-refractivity contribution in [2.45, 2.75) is 39.8 Å². The molecule has 0 radical (unpaired) electrons. The number of halogens is 1. The van der Waals surface area contributed by atoms with Gasteiger partial charge in [0.2, 0.25) is 5.91 Å². The molecule has 2 atom stereocenters. The van der Waals surface area contributed by atoms with E-state index in [4.69, 9.17) is 23.8 Å². The molecule has 1 saturated heterocycles. The summed E-state index contributed by atoms with van der Waals surface area (Å²) in [6, 6.07) is 13.4. The van der Waals surface area contributed by atoms with Gasteiger partial charge in [-0.3, -0.25) is 9.78 Å². The maximum absolute atomic E-state index is 12.1. The predicted molar refractivity (Wildman–Crippen MR) is 133 cm³/mol. The van der Waals surface area contributed by atoms with Crippen LogP contribution in [0.1, 0.15) is 48.6 Å². The molecule has 3 aromatic rings. The number of nitrogens with one attached hydrogen (secondary N) is 3. The molecule has 2 aromatic heterocycles. The molecular formula is C24H26ClN5OS. The van der Waals surface area contributed by atoms with Crippen LogP contribution >= 0.6 is 23.8 Å². The smallest absolute Gasteiger partial charge is 0.226 e. The van der Waals surface area contributed by atoms with Crippen molar-refractivity contribution < 1.29 is 4.79 Å². The lowest BCUT2D eigenvalue weighted by Gasteiger charge is -2.28. The quantitative estimate of drug-likeness (QED) is 0.435. The minimum atomic E-state index is -0.135. The summed E-state index contributed by atoms with van der Waals surface area (Å²) in [5, 5.41) is 7.38. The fourth-order valence-electron chi connectivity index (χ4n) is 4.03. The van der Waals surface area contributed by atoms with Gasteiger partial charge in [-0.25, -0.2) is 0 Å². The summed E-state index contributed by atoms with van der Waals surface area (Å²) in [6.07, 6.45) is 1.79.